The van der Waals surface area contributed by atoms with Gasteiger partial charge in [-0.1, -0.05) is 12.1 Å². The normalized spacial score (nSPS) is 15.5. The Morgan fingerprint density at radius 3 is 2.54 bits per heavy atom. The molecular formula is C22H30N6. The lowest BCUT2D eigenvalue weighted by molar-refractivity contribution is 0.205. The fourth-order valence-corrected chi connectivity index (χ4v) is 4.14. The van der Waals surface area contributed by atoms with E-state index in [1.54, 1.807) is 6.20 Å². The summed E-state index contributed by atoms with van der Waals surface area (Å²) in [5.74, 6) is 1.18. The van der Waals surface area contributed by atoms with Gasteiger partial charge in [-0.25, -0.2) is 4.98 Å². The van der Waals surface area contributed by atoms with Crippen LogP contribution in [0, 0.1) is 0 Å². The predicted molar refractivity (Wildman–Crippen MR) is 113 cm³/mol. The van der Waals surface area contributed by atoms with E-state index in [1.165, 1.54) is 29.9 Å². The van der Waals surface area contributed by atoms with Gasteiger partial charge in [-0.05, 0) is 56.6 Å². The molecule has 28 heavy (non-hydrogen) atoms. The SMILES string of the molecule is CN(CCCc1nccn1C)C1CCN(c2ccc(-c3ccn[nH]3)cc2)CC1. The zero-order chi connectivity index (χ0) is 19.3. The van der Waals surface area contributed by atoms with Gasteiger partial charge >= 0.3 is 0 Å². The average Bonchev–Trinajstić information content (AvgIpc) is 3.41. The van der Waals surface area contributed by atoms with Gasteiger partial charge in [0.1, 0.15) is 5.82 Å². The van der Waals surface area contributed by atoms with Crippen LogP contribution in [0.4, 0.5) is 5.69 Å². The number of benzene rings is 1. The highest BCUT2D eigenvalue weighted by Crippen LogP contribution is 2.25. The van der Waals surface area contributed by atoms with Crippen LogP contribution in [-0.2, 0) is 13.5 Å². The van der Waals surface area contributed by atoms with E-state index in [0.29, 0.717) is 6.04 Å². The third-order valence-electron chi connectivity index (χ3n) is 5.96. The molecule has 2 aromatic heterocycles. The summed E-state index contributed by atoms with van der Waals surface area (Å²) in [7, 11) is 4.35. The van der Waals surface area contributed by atoms with E-state index < -0.39 is 0 Å². The number of imidazole rings is 1. The van der Waals surface area contributed by atoms with Crippen molar-refractivity contribution in [2.75, 3.05) is 31.6 Å². The second-order valence-corrected chi connectivity index (χ2v) is 7.77. The number of aromatic nitrogens is 4. The van der Waals surface area contributed by atoms with Gasteiger partial charge in [0, 0.05) is 56.9 Å². The first kappa shape index (κ1) is 18.7. The van der Waals surface area contributed by atoms with Gasteiger partial charge in [0.25, 0.3) is 0 Å². The first-order chi connectivity index (χ1) is 13.7. The molecule has 4 rings (SSSR count). The predicted octanol–water partition coefficient (Wildman–Crippen LogP) is 3.34. The second-order valence-electron chi connectivity index (χ2n) is 7.77. The first-order valence-electron chi connectivity index (χ1n) is 10.2. The quantitative estimate of drug-likeness (QED) is 0.685. The molecule has 1 aromatic carbocycles. The molecule has 1 fully saturated rings. The van der Waals surface area contributed by atoms with Gasteiger partial charge in [0.2, 0.25) is 0 Å². The Kier molecular flexibility index (Phi) is 5.76. The molecule has 0 bridgehead atoms. The van der Waals surface area contributed by atoms with Crippen molar-refractivity contribution in [3.8, 4) is 11.3 Å². The lowest BCUT2D eigenvalue weighted by atomic mass is 10.0. The smallest absolute Gasteiger partial charge is 0.108 e. The lowest BCUT2D eigenvalue weighted by Crippen LogP contribution is -2.43. The second kappa shape index (κ2) is 8.61. The summed E-state index contributed by atoms with van der Waals surface area (Å²) in [5, 5.41) is 7.06. The van der Waals surface area contributed by atoms with Crippen molar-refractivity contribution in [2.45, 2.75) is 31.7 Å². The summed E-state index contributed by atoms with van der Waals surface area (Å²) in [6.45, 7) is 3.38. The first-order valence-corrected chi connectivity index (χ1v) is 10.2. The van der Waals surface area contributed by atoms with Crippen LogP contribution >= 0.6 is 0 Å². The van der Waals surface area contributed by atoms with E-state index >= 15 is 0 Å². The molecule has 6 nitrogen and oxygen atoms in total. The van der Waals surface area contributed by atoms with Gasteiger partial charge < -0.3 is 14.4 Å². The number of aromatic amines is 1. The highest BCUT2D eigenvalue weighted by Gasteiger charge is 2.22. The van der Waals surface area contributed by atoms with Crippen LogP contribution in [0.15, 0.2) is 48.9 Å². The molecule has 0 unspecified atom stereocenters. The molecular weight excluding hydrogens is 348 g/mol. The maximum absolute atomic E-state index is 4.42. The Morgan fingerprint density at radius 1 is 1.11 bits per heavy atom. The van der Waals surface area contributed by atoms with Gasteiger partial charge in [0.15, 0.2) is 0 Å². The van der Waals surface area contributed by atoms with Gasteiger partial charge in [0.05, 0.1) is 5.69 Å². The Bertz CT molecular complexity index is 844. The van der Waals surface area contributed by atoms with Crippen molar-refractivity contribution < 1.29 is 0 Å². The van der Waals surface area contributed by atoms with E-state index in [-0.39, 0.29) is 0 Å². The average molecular weight is 379 g/mol. The van der Waals surface area contributed by atoms with Crippen LogP contribution in [0.5, 0.6) is 0 Å². The number of hydrogen-bond donors (Lipinski definition) is 1. The van der Waals surface area contributed by atoms with Crippen LogP contribution in [0.25, 0.3) is 11.3 Å². The van der Waals surface area contributed by atoms with Crippen LogP contribution in [0.3, 0.4) is 0 Å². The number of piperidine rings is 1. The van der Waals surface area contributed by atoms with E-state index in [9.17, 15) is 0 Å². The molecule has 0 spiro atoms. The zero-order valence-electron chi connectivity index (χ0n) is 16.9. The van der Waals surface area contributed by atoms with Crippen molar-refractivity contribution >= 4 is 5.69 Å². The van der Waals surface area contributed by atoms with Crippen molar-refractivity contribution in [3.63, 3.8) is 0 Å². The standard InChI is InChI=1S/C22H30N6/c1-26(14-3-4-22-23-13-17-27(22)2)19-10-15-28(16-11-19)20-7-5-18(6-8-20)21-9-12-24-25-21/h5-9,12-13,17,19H,3-4,10-11,14-16H2,1-2H3,(H,24,25). The molecule has 1 aliphatic rings. The fourth-order valence-electron chi connectivity index (χ4n) is 4.14. The summed E-state index contributed by atoms with van der Waals surface area (Å²) < 4.78 is 2.12. The third-order valence-corrected chi connectivity index (χ3v) is 5.96. The molecule has 0 saturated carbocycles. The van der Waals surface area contributed by atoms with Gasteiger partial charge in [-0.2, -0.15) is 5.10 Å². The largest absolute Gasteiger partial charge is 0.371 e. The number of hydrogen-bond acceptors (Lipinski definition) is 4. The van der Waals surface area contributed by atoms with E-state index in [0.717, 1.165) is 38.2 Å². The Labute approximate surface area is 167 Å². The van der Waals surface area contributed by atoms with E-state index in [1.807, 2.05) is 18.5 Å². The lowest BCUT2D eigenvalue weighted by Gasteiger charge is -2.38. The summed E-state index contributed by atoms with van der Waals surface area (Å²) >= 11 is 0. The molecule has 3 heterocycles. The minimum atomic E-state index is 0.682. The molecule has 0 amide bonds. The molecule has 1 N–H and O–H groups in total. The fraction of sp³-hybridized carbons (Fsp3) is 0.455. The zero-order valence-corrected chi connectivity index (χ0v) is 16.9. The maximum Gasteiger partial charge on any atom is 0.108 e. The highest BCUT2D eigenvalue weighted by atomic mass is 15.2. The number of rotatable bonds is 7. The monoisotopic (exact) mass is 378 g/mol. The minimum absolute atomic E-state index is 0.682. The number of nitrogens with zero attached hydrogens (tertiary/aromatic N) is 5. The topological polar surface area (TPSA) is 53.0 Å². The molecule has 1 saturated heterocycles. The van der Waals surface area contributed by atoms with E-state index in [2.05, 4.69) is 67.9 Å². The third kappa shape index (κ3) is 4.28. The Balaban J connectivity index is 1.24. The number of H-pyrrole nitrogens is 1. The summed E-state index contributed by atoms with van der Waals surface area (Å²) in [4.78, 5) is 9.48. The van der Waals surface area contributed by atoms with Crippen LogP contribution in [0.1, 0.15) is 25.1 Å². The van der Waals surface area contributed by atoms with Crippen molar-refractivity contribution in [1.29, 1.82) is 0 Å². The number of anilines is 1. The van der Waals surface area contributed by atoms with E-state index in [4.69, 9.17) is 0 Å². The van der Waals surface area contributed by atoms with Crippen molar-refractivity contribution in [3.05, 3.63) is 54.7 Å². The van der Waals surface area contributed by atoms with Crippen LogP contribution in [-0.4, -0.2) is 57.4 Å². The molecule has 0 aliphatic carbocycles. The molecule has 0 atom stereocenters. The van der Waals surface area contributed by atoms with Crippen molar-refractivity contribution in [1.82, 2.24) is 24.6 Å². The maximum atomic E-state index is 4.42. The Hall–Kier alpha value is -2.60. The number of aryl methyl sites for hydroxylation is 2. The molecule has 6 heteroatoms. The van der Waals surface area contributed by atoms with Crippen LogP contribution in [0.2, 0.25) is 0 Å². The minimum Gasteiger partial charge on any atom is -0.371 e. The van der Waals surface area contributed by atoms with Crippen molar-refractivity contribution in [2.24, 2.45) is 7.05 Å². The molecule has 3 aromatic rings. The van der Waals surface area contributed by atoms with Gasteiger partial charge in [-0.3, -0.25) is 5.10 Å². The molecule has 1 aliphatic heterocycles. The van der Waals surface area contributed by atoms with Crippen LogP contribution < -0.4 is 4.90 Å². The Morgan fingerprint density at radius 2 is 1.89 bits per heavy atom. The highest BCUT2D eigenvalue weighted by molar-refractivity contribution is 5.62. The summed E-state index contributed by atoms with van der Waals surface area (Å²) in [5.41, 5.74) is 3.57. The summed E-state index contributed by atoms with van der Waals surface area (Å²) in [6.07, 6.45) is 10.4. The summed E-state index contributed by atoms with van der Waals surface area (Å²) in [6, 6.07) is 11.5. The van der Waals surface area contributed by atoms with Gasteiger partial charge in [-0.15, -0.1) is 0 Å². The molecule has 148 valence electrons. The molecule has 0 radical (unpaired) electrons. The number of nitrogens with one attached hydrogen (secondary N) is 1.